The number of hydrogen-bond acceptors (Lipinski definition) is 3. The van der Waals surface area contributed by atoms with E-state index in [9.17, 15) is 9.18 Å². The van der Waals surface area contributed by atoms with Crippen molar-refractivity contribution in [3.63, 3.8) is 0 Å². The third-order valence-corrected chi connectivity index (χ3v) is 3.11. The number of rotatable bonds is 3. The largest absolute Gasteiger partial charge is 0.289 e. The molecule has 0 radical (unpaired) electrons. The Labute approximate surface area is 126 Å². The van der Waals surface area contributed by atoms with Gasteiger partial charge in [0.15, 0.2) is 0 Å². The van der Waals surface area contributed by atoms with Gasteiger partial charge in [-0.25, -0.2) is 14.8 Å². The molecular weight excluding hydrogens is 281 g/mol. The zero-order chi connectivity index (χ0) is 15.4. The zero-order valence-corrected chi connectivity index (χ0v) is 11.5. The maximum absolute atomic E-state index is 13.4. The highest BCUT2D eigenvalue weighted by Crippen LogP contribution is 2.11. The lowest BCUT2D eigenvalue weighted by atomic mass is 10.2. The Morgan fingerprint density at radius 1 is 1.05 bits per heavy atom. The van der Waals surface area contributed by atoms with Gasteiger partial charge in [0.1, 0.15) is 11.5 Å². The molecule has 0 spiro atoms. The van der Waals surface area contributed by atoms with E-state index in [-0.39, 0.29) is 5.69 Å². The molecule has 0 atom stereocenters. The highest BCUT2D eigenvalue weighted by atomic mass is 19.1. The molecule has 0 aliphatic heterocycles. The first-order valence-electron chi connectivity index (χ1n) is 6.68. The van der Waals surface area contributed by atoms with Crippen LogP contribution >= 0.6 is 0 Å². The number of nitrogens with zero attached hydrogens (tertiary/aromatic N) is 2. The Bertz CT molecular complexity index is 861. The fourth-order valence-electron chi connectivity index (χ4n) is 1.99. The summed E-state index contributed by atoms with van der Waals surface area (Å²) in [6.07, 6.45) is 1.26. The molecule has 5 heteroatoms. The monoisotopic (exact) mass is 293 g/mol. The van der Waals surface area contributed by atoms with E-state index in [0.717, 1.165) is 10.9 Å². The first-order chi connectivity index (χ1) is 10.7. The highest BCUT2D eigenvalue weighted by Gasteiger charge is 2.06. The highest BCUT2D eigenvalue weighted by molar-refractivity contribution is 5.95. The van der Waals surface area contributed by atoms with Gasteiger partial charge < -0.3 is 0 Å². The van der Waals surface area contributed by atoms with Crippen LogP contribution < -0.4 is 5.43 Å². The molecule has 1 N–H and O–H groups in total. The number of benzene rings is 2. The minimum atomic E-state index is -0.446. The van der Waals surface area contributed by atoms with Gasteiger partial charge in [-0.1, -0.05) is 42.5 Å². The van der Waals surface area contributed by atoms with Crippen LogP contribution in [0.5, 0.6) is 0 Å². The molecule has 0 unspecified atom stereocenters. The Hall–Kier alpha value is -3.08. The van der Waals surface area contributed by atoms with Gasteiger partial charge in [-0.15, -0.1) is 0 Å². The minimum Gasteiger partial charge on any atom is -0.266 e. The molecule has 1 aromatic heterocycles. The number of para-hydroxylation sites is 1. The van der Waals surface area contributed by atoms with Crippen LogP contribution in [0.1, 0.15) is 16.1 Å². The van der Waals surface area contributed by atoms with Gasteiger partial charge in [0.05, 0.1) is 11.7 Å². The van der Waals surface area contributed by atoms with E-state index in [0.29, 0.717) is 5.56 Å². The summed E-state index contributed by atoms with van der Waals surface area (Å²) in [6.45, 7) is 0. The Morgan fingerprint density at radius 2 is 1.82 bits per heavy atom. The summed E-state index contributed by atoms with van der Waals surface area (Å²) >= 11 is 0. The lowest BCUT2D eigenvalue weighted by Gasteiger charge is -2.01. The minimum absolute atomic E-state index is 0.254. The number of pyridine rings is 1. The summed E-state index contributed by atoms with van der Waals surface area (Å²) in [5.74, 6) is -0.845. The molecule has 0 saturated carbocycles. The number of halogens is 1. The number of aromatic nitrogens is 1. The topological polar surface area (TPSA) is 54.4 Å². The van der Waals surface area contributed by atoms with Crippen LogP contribution in [0.4, 0.5) is 4.39 Å². The maximum atomic E-state index is 13.4. The summed E-state index contributed by atoms with van der Waals surface area (Å²) in [5, 5.41) is 4.71. The van der Waals surface area contributed by atoms with Gasteiger partial charge in [0.2, 0.25) is 0 Å². The van der Waals surface area contributed by atoms with Gasteiger partial charge in [0.25, 0.3) is 5.91 Å². The molecule has 108 valence electrons. The van der Waals surface area contributed by atoms with Crippen molar-refractivity contribution in [2.45, 2.75) is 0 Å². The molecule has 0 saturated heterocycles. The van der Waals surface area contributed by atoms with Crippen molar-refractivity contribution < 1.29 is 9.18 Å². The molecule has 0 fully saturated rings. The zero-order valence-electron chi connectivity index (χ0n) is 11.5. The van der Waals surface area contributed by atoms with Crippen molar-refractivity contribution in [3.8, 4) is 0 Å². The van der Waals surface area contributed by atoms with E-state index < -0.39 is 11.7 Å². The maximum Gasteiger partial charge on any atom is 0.289 e. The molecular formula is C17H12FN3O. The normalized spacial score (nSPS) is 11.0. The summed E-state index contributed by atoms with van der Waals surface area (Å²) in [5.41, 5.74) is 3.62. The Kier molecular flexibility index (Phi) is 3.87. The molecule has 4 nitrogen and oxygen atoms in total. The van der Waals surface area contributed by atoms with Crippen LogP contribution in [0.15, 0.2) is 65.8 Å². The average molecular weight is 293 g/mol. The SMILES string of the molecule is O=C(N/N=C/c1ccccc1F)c1ccc2ccccc2n1. The summed E-state index contributed by atoms with van der Waals surface area (Å²) in [7, 11) is 0. The number of nitrogens with one attached hydrogen (secondary N) is 1. The first kappa shape index (κ1) is 13.9. The van der Waals surface area contributed by atoms with Gasteiger partial charge >= 0.3 is 0 Å². The quantitative estimate of drug-likeness (QED) is 0.596. The van der Waals surface area contributed by atoms with Gasteiger partial charge in [-0.3, -0.25) is 4.79 Å². The number of carbonyl (C=O) groups excluding carboxylic acids is 1. The smallest absolute Gasteiger partial charge is 0.266 e. The van der Waals surface area contributed by atoms with Crippen LogP contribution in [-0.4, -0.2) is 17.1 Å². The third kappa shape index (κ3) is 2.98. The average Bonchev–Trinajstić information content (AvgIpc) is 2.56. The van der Waals surface area contributed by atoms with E-state index in [1.807, 2.05) is 30.3 Å². The van der Waals surface area contributed by atoms with Crippen LogP contribution in [0, 0.1) is 5.82 Å². The molecule has 0 aliphatic rings. The predicted molar refractivity (Wildman–Crippen MR) is 83.2 cm³/mol. The van der Waals surface area contributed by atoms with Crippen LogP contribution in [-0.2, 0) is 0 Å². The first-order valence-corrected chi connectivity index (χ1v) is 6.68. The van der Waals surface area contributed by atoms with E-state index in [1.54, 1.807) is 24.3 Å². The summed E-state index contributed by atoms with van der Waals surface area (Å²) in [6, 6.07) is 17.1. The number of fused-ring (bicyclic) bond motifs is 1. The van der Waals surface area contributed by atoms with Crippen LogP contribution in [0.25, 0.3) is 10.9 Å². The van der Waals surface area contributed by atoms with Gasteiger partial charge in [0, 0.05) is 10.9 Å². The fourth-order valence-corrected chi connectivity index (χ4v) is 1.99. The van der Waals surface area contributed by atoms with Crippen molar-refractivity contribution in [2.24, 2.45) is 5.10 Å². The molecule has 22 heavy (non-hydrogen) atoms. The molecule has 0 aliphatic carbocycles. The molecule has 2 aromatic carbocycles. The summed E-state index contributed by atoms with van der Waals surface area (Å²) in [4.78, 5) is 16.2. The molecule has 1 amide bonds. The van der Waals surface area contributed by atoms with E-state index >= 15 is 0 Å². The second-order valence-corrected chi connectivity index (χ2v) is 4.61. The number of hydrogen-bond donors (Lipinski definition) is 1. The number of hydrazone groups is 1. The second-order valence-electron chi connectivity index (χ2n) is 4.61. The van der Waals surface area contributed by atoms with Gasteiger partial charge in [-0.2, -0.15) is 5.10 Å². The second kappa shape index (κ2) is 6.13. The van der Waals surface area contributed by atoms with Crippen LogP contribution in [0.3, 0.4) is 0 Å². The van der Waals surface area contributed by atoms with Crippen molar-refractivity contribution in [3.05, 3.63) is 77.7 Å². The van der Waals surface area contributed by atoms with Crippen molar-refractivity contribution in [1.29, 1.82) is 0 Å². The van der Waals surface area contributed by atoms with Crippen molar-refractivity contribution in [2.75, 3.05) is 0 Å². The number of carbonyl (C=O) groups is 1. The third-order valence-electron chi connectivity index (χ3n) is 3.11. The van der Waals surface area contributed by atoms with Crippen LogP contribution in [0.2, 0.25) is 0 Å². The Morgan fingerprint density at radius 3 is 2.68 bits per heavy atom. The lowest BCUT2D eigenvalue weighted by molar-refractivity contribution is 0.0950. The molecule has 0 bridgehead atoms. The van der Waals surface area contributed by atoms with Crippen molar-refractivity contribution >= 4 is 23.0 Å². The molecule has 3 rings (SSSR count). The van der Waals surface area contributed by atoms with Crippen molar-refractivity contribution in [1.82, 2.24) is 10.4 Å². The predicted octanol–water partition coefficient (Wildman–Crippen LogP) is 3.14. The van der Waals surface area contributed by atoms with E-state index in [1.165, 1.54) is 12.3 Å². The van der Waals surface area contributed by atoms with E-state index in [4.69, 9.17) is 0 Å². The standard InChI is InChI=1S/C17H12FN3O/c18-14-7-3-1-6-13(14)11-19-21-17(22)16-10-9-12-5-2-4-8-15(12)20-16/h1-11H,(H,21,22)/b19-11+. The molecule has 1 heterocycles. The van der Waals surface area contributed by atoms with E-state index in [2.05, 4.69) is 15.5 Å². The molecule has 3 aromatic rings. The fraction of sp³-hybridized carbons (Fsp3) is 0. The number of amides is 1. The Balaban J connectivity index is 1.74. The van der Waals surface area contributed by atoms with Gasteiger partial charge in [-0.05, 0) is 18.2 Å². The lowest BCUT2D eigenvalue weighted by Crippen LogP contribution is -2.19. The summed E-state index contributed by atoms with van der Waals surface area (Å²) < 4.78 is 13.4.